The zero-order valence-corrected chi connectivity index (χ0v) is 8.01. The minimum Gasteiger partial charge on any atom is -0.473 e. The second-order valence-electron chi connectivity index (χ2n) is 1.22. The first-order valence-corrected chi connectivity index (χ1v) is 2.21. The Labute approximate surface area is 85.1 Å². The molecule has 4 N–H and O–H groups in total. The molecule has 0 saturated heterocycles. The summed E-state index contributed by atoms with van der Waals surface area (Å²) in [6.45, 7) is 0. The molecule has 13 heavy (non-hydrogen) atoms. The Morgan fingerprint density at radius 2 is 0.615 bits per heavy atom. The third kappa shape index (κ3) is 18.0. The second kappa shape index (κ2) is 8.66. The minimum atomic E-state index is -1.82. The van der Waals surface area contributed by atoms with E-state index in [1.807, 2.05) is 0 Å². The van der Waals surface area contributed by atoms with Gasteiger partial charge in [-0.15, -0.1) is 0 Å². The summed E-state index contributed by atoms with van der Waals surface area (Å²) in [5.41, 5.74) is 0. The van der Waals surface area contributed by atoms with Crippen LogP contribution in [-0.4, -0.2) is 44.3 Å². The average Bonchev–Trinajstić information content (AvgIpc) is 1.88. The van der Waals surface area contributed by atoms with E-state index in [2.05, 4.69) is 0 Å². The number of carbonyl (C=O) groups is 4. The van der Waals surface area contributed by atoms with Crippen LogP contribution >= 0.6 is 0 Å². The molecule has 0 amide bonds. The number of hydrogen-bond acceptors (Lipinski definition) is 4. The summed E-state index contributed by atoms with van der Waals surface area (Å²) in [5, 5.41) is 29.6. The van der Waals surface area contributed by atoms with Crippen LogP contribution in [0.4, 0.5) is 0 Å². The Morgan fingerprint density at radius 3 is 0.615 bits per heavy atom. The van der Waals surface area contributed by atoms with Gasteiger partial charge in [-0.1, -0.05) is 0 Å². The van der Waals surface area contributed by atoms with Crippen molar-refractivity contribution in [3.05, 3.63) is 0 Å². The van der Waals surface area contributed by atoms with Gasteiger partial charge in [0.2, 0.25) is 0 Å². The van der Waals surface area contributed by atoms with Crippen LogP contribution in [-0.2, 0) is 40.2 Å². The van der Waals surface area contributed by atoms with Crippen LogP contribution in [0.3, 0.4) is 0 Å². The van der Waals surface area contributed by atoms with Gasteiger partial charge in [-0.05, 0) is 0 Å². The summed E-state index contributed by atoms with van der Waals surface area (Å²) >= 11 is 0. The standard InChI is InChI=1S/2C2H2O4.Pt/c2*3-1(4)2(5)6;/h2*(H,3,4)(H,5,6);. The summed E-state index contributed by atoms with van der Waals surface area (Å²) in [6.07, 6.45) is 0. The van der Waals surface area contributed by atoms with Gasteiger partial charge in [0, 0.05) is 21.1 Å². The third-order valence-electron chi connectivity index (χ3n) is 0.366. The van der Waals surface area contributed by atoms with Crippen LogP contribution in [0.25, 0.3) is 0 Å². The SMILES string of the molecule is O=C(O)C(=O)O.O=C(O)C(=O)O.[Pt]. The molecule has 8 nitrogen and oxygen atoms in total. The molecule has 9 heteroatoms. The van der Waals surface area contributed by atoms with Crippen LogP contribution in [0, 0.1) is 0 Å². The van der Waals surface area contributed by atoms with Gasteiger partial charge in [-0.3, -0.25) is 0 Å². The topological polar surface area (TPSA) is 149 Å². The van der Waals surface area contributed by atoms with E-state index in [4.69, 9.17) is 39.6 Å². The number of aliphatic carboxylic acids is 4. The van der Waals surface area contributed by atoms with Crippen molar-refractivity contribution in [2.24, 2.45) is 0 Å². The van der Waals surface area contributed by atoms with E-state index in [0.717, 1.165) is 0 Å². The van der Waals surface area contributed by atoms with Crippen molar-refractivity contribution in [2.75, 3.05) is 0 Å². The van der Waals surface area contributed by atoms with Gasteiger partial charge in [0.1, 0.15) is 0 Å². The molecule has 0 atom stereocenters. The van der Waals surface area contributed by atoms with Crippen molar-refractivity contribution < 1.29 is 60.7 Å². The summed E-state index contributed by atoms with van der Waals surface area (Å²) in [7, 11) is 0. The maximum Gasteiger partial charge on any atom is 0.414 e. The molecule has 0 aliphatic rings. The second-order valence-corrected chi connectivity index (χ2v) is 1.22. The molecular weight excluding hydrogens is 371 g/mol. The van der Waals surface area contributed by atoms with Crippen LogP contribution in [0.5, 0.6) is 0 Å². The van der Waals surface area contributed by atoms with Gasteiger partial charge in [-0.2, -0.15) is 0 Å². The number of rotatable bonds is 0. The fraction of sp³-hybridized carbons (Fsp3) is 0. The van der Waals surface area contributed by atoms with Gasteiger partial charge in [-0.25, -0.2) is 19.2 Å². The molecule has 78 valence electrons. The fourth-order valence-electron chi connectivity index (χ4n) is 0. The molecular formula is C4H4O8Pt. The molecule has 0 spiro atoms. The van der Waals surface area contributed by atoms with Gasteiger partial charge in [0.05, 0.1) is 0 Å². The fourth-order valence-corrected chi connectivity index (χ4v) is 0. The third-order valence-corrected chi connectivity index (χ3v) is 0.366. The molecule has 0 aliphatic heterocycles. The van der Waals surface area contributed by atoms with Crippen molar-refractivity contribution in [3.8, 4) is 0 Å². The molecule has 0 heterocycles. The van der Waals surface area contributed by atoms with E-state index in [1.165, 1.54) is 0 Å². The molecule has 0 saturated carbocycles. The molecule has 0 unspecified atom stereocenters. The first kappa shape index (κ1) is 17.6. The maximum absolute atomic E-state index is 9.10. The van der Waals surface area contributed by atoms with Crippen molar-refractivity contribution in [3.63, 3.8) is 0 Å². The van der Waals surface area contributed by atoms with Gasteiger partial charge in [0.25, 0.3) is 0 Å². The Morgan fingerprint density at radius 1 is 0.538 bits per heavy atom. The number of carboxylic acids is 4. The first-order valence-electron chi connectivity index (χ1n) is 2.21. The first-order chi connectivity index (χ1) is 5.29. The van der Waals surface area contributed by atoms with Crippen LogP contribution in [0.15, 0.2) is 0 Å². The monoisotopic (exact) mass is 375 g/mol. The largest absolute Gasteiger partial charge is 0.473 e. The summed E-state index contributed by atoms with van der Waals surface area (Å²) in [5.74, 6) is -7.30. The Kier molecular flexibility index (Phi) is 11.7. The molecule has 0 aliphatic carbocycles. The summed E-state index contributed by atoms with van der Waals surface area (Å²) in [6, 6.07) is 0. The van der Waals surface area contributed by atoms with Crippen molar-refractivity contribution in [1.29, 1.82) is 0 Å². The number of carboxylic acid groups (broad SMARTS) is 4. The molecule has 0 aromatic rings. The summed E-state index contributed by atoms with van der Waals surface area (Å²) in [4.78, 5) is 36.4. The molecule has 0 aromatic carbocycles. The van der Waals surface area contributed by atoms with E-state index in [1.54, 1.807) is 0 Å². The van der Waals surface area contributed by atoms with Crippen molar-refractivity contribution in [2.45, 2.75) is 0 Å². The number of hydrogen-bond donors (Lipinski definition) is 4. The Bertz CT molecular complexity index is 172. The van der Waals surface area contributed by atoms with Crippen LogP contribution < -0.4 is 0 Å². The Balaban J connectivity index is -0.000000143. The van der Waals surface area contributed by atoms with Crippen LogP contribution in [0.1, 0.15) is 0 Å². The van der Waals surface area contributed by atoms with E-state index >= 15 is 0 Å². The van der Waals surface area contributed by atoms with E-state index < -0.39 is 23.9 Å². The maximum atomic E-state index is 9.10. The normalized spacial score (nSPS) is 6.77. The molecule has 0 rings (SSSR count). The molecule has 0 aromatic heterocycles. The van der Waals surface area contributed by atoms with E-state index in [0.29, 0.717) is 0 Å². The van der Waals surface area contributed by atoms with Gasteiger partial charge >= 0.3 is 23.9 Å². The minimum absolute atomic E-state index is 0. The van der Waals surface area contributed by atoms with Crippen molar-refractivity contribution in [1.82, 2.24) is 0 Å². The van der Waals surface area contributed by atoms with Crippen LogP contribution in [0.2, 0.25) is 0 Å². The predicted molar refractivity (Wildman–Crippen MR) is 30.5 cm³/mol. The molecule has 0 fully saturated rings. The Hall–Kier alpha value is -1.43. The predicted octanol–water partition coefficient (Wildman–Crippen LogP) is -1.69. The van der Waals surface area contributed by atoms with Gasteiger partial charge < -0.3 is 20.4 Å². The average molecular weight is 375 g/mol. The molecule has 0 bridgehead atoms. The van der Waals surface area contributed by atoms with E-state index in [9.17, 15) is 0 Å². The zero-order chi connectivity index (χ0) is 10.3. The van der Waals surface area contributed by atoms with E-state index in [-0.39, 0.29) is 21.1 Å². The van der Waals surface area contributed by atoms with Crippen molar-refractivity contribution >= 4 is 23.9 Å². The molecule has 0 radical (unpaired) electrons. The quantitative estimate of drug-likeness (QED) is 0.367. The summed E-state index contributed by atoms with van der Waals surface area (Å²) < 4.78 is 0. The van der Waals surface area contributed by atoms with Gasteiger partial charge in [0.15, 0.2) is 0 Å². The zero-order valence-electron chi connectivity index (χ0n) is 5.74. The smallest absolute Gasteiger partial charge is 0.414 e.